The molecule has 1 heterocycles. The second-order valence-electron chi connectivity index (χ2n) is 3.05. The van der Waals surface area contributed by atoms with Gasteiger partial charge in [0.1, 0.15) is 12.1 Å². The lowest BCUT2D eigenvalue weighted by molar-refractivity contribution is -0.648. The van der Waals surface area contributed by atoms with Crippen LogP contribution in [0.5, 0.6) is 0 Å². The summed E-state index contributed by atoms with van der Waals surface area (Å²) in [6.07, 6.45) is 2.12. The fourth-order valence-corrected chi connectivity index (χ4v) is 2.79. The third-order valence-corrected chi connectivity index (χ3v) is 3.74. The van der Waals surface area contributed by atoms with E-state index < -0.39 is 0 Å². The van der Waals surface area contributed by atoms with Crippen molar-refractivity contribution in [2.24, 2.45) is 0 Å². The highest BCUT2D eigenvalue weighted by atomic mass is 32.2. The van der Waals surface area contributed by atoms with Crippen LogP contribution in [0.1, 0.15) is 0 Å². The van der Waals surface area contributed by atoms with Gasteiger partial charge in [-0.3, -0.25) is 5.73 Å². The van der Waals surface area contributed by atoms with Crippen LogP contribution in [0.3, 0.4) is 0 Å². The highest BCUT2D eigenvalue weighted by Gasteiger charge is 2.12. The summed E-state index contributed by atoms with van der Waals surface area (Å²) in [6.45, 7) is 0.997. The van der Waals surface area contributed by atoms with Crippen molar-refractivity contribution in [1.29, 1.82) is 0 Å². The zero-order valence-electron chi connectivity index (χ0n) is 8.06. The van der Waals surface area contributed by atoms with Crippen molar-refractivity contribution in [2.45, 2.75) is 6.54 Å². The first-order valence-corrected chi connectivity index (χ1v) is 6.69. The maximum atomic E-state index is 5.97. The minimum absolute atomic E-state index is 0.903. The Hall–Kier alpha value is -0.740. The zero-order valence-corrected chi connectivity index (χ0v) is 9.70. The molecule has 4 heteroatoms. The fourth-order valence-electron chi connectivity index (χ4n) is 1.47. The van der Waals surface area contributed by atoms with Gasteiger partial charge in [-0.05, 0) is 29.7 Å². The monoisotopic (exact) mass is 225 g/mol. The van der Waals surface area contributed by atoms with Crippen molar-refractivity contribution < 1.29 is 4.57 Å². The highest BCUT2D eigenvalue weighted by molar-refractivity contribution is 7.98. The Morgan fingerprint density at radius 1 is 1.43 bits per heavy atom. The first-order valence-electron chi connectivity index (χ1n) is 4.48. The quantitative estimate of drug-likeness (QED) is 0.811. The molecule has 0 saturated heterocycles. The molecular formula is C10H13N2S2+. The minimum atomic E-state index is 0.903. The first kappa shape index (κ1) is 9.80. The summed E-state index contributed by atoms with van der Waals surface area (Å²) >= 11 is 3.51. The number of rotatable bonds is 3. The topological polar surface area (TPSA) is 29.9 Å². The van der Waals surface area contributed by atoms with Gasteiger partial charge in [0.05, 0.1) is 4.70 Å². The van der Waals surface area contributed by atoms with Crippen LogP contribution >= 0.6 is 23.1 Å². The molecule has 2 rings (SSSR count). The molecule has 2 aromatic rings. The van der Waals surface area contributed by atoms with E-state index in [1.807, 2.05) is 11.8 Å². The van der Waals surface area contributed by atoms with Gasteiger partial charge in [0.2, 0.25) is 0 Å². The summed E-state index contributed by atoms with van der Waals surface area (Å²) in [4.78, 5) is 0. The predicted molar refractivity (Wildman–Crippen MR) is 64.8 cm³/mol. The molecule has 0 fully saturated rings. The van der Waals surface area contributed by atoms with Gasteiger partial charge in [0.15, 0.2) is 0 Å². The molecule has 1 aromatic heterocycles. The lowest BCUT2D eigenvalue weighted by atomic mass is 10.3. The molecule has 0 bridgehead atoms. The molecule has 0 aliphatic rings. The van der Waals surface area contributed by atoms with Crippen LogP contribution in [0, 0.1) is 0 Å². The maximum absolute atomic E-state index is 5.97. The number of thioether (sulfide) groups is 1. The number of benzene rings is 1. The van der Waals surface area contributed by atoms with Crippen molar-refractivity contribution >= 4 is 38.4 Å². The van der Waals surface area contributed by atoms with Crippen LogP contribution in [0.15, 0.2) is 24.3 Å². The Morgan fingerprint density at radius 2 is 2.21 bits per heavy atom. The van der Waals surface area contributed by atoms with E-state index in [0.717, 1.165) is 17.4 Å². The van der Waals surface area contributed by atoms with Gasteiger partial charge < -0.3 is 0 Å². The largest absolute Gasteiger partial charge is 0.332 e. The molecule has 2 nitrogen and oxygen atoms in total. The van der Waals surface area contributed by atoms with E-state index in [1.54, 1.807) is 11.3 Å². The Balaban J connectivity index is 2.45. The molecule has 0 unspecified atom stereocenters. The number of aromatic nitrogens is 1. The summed E-state index contributed by atoms with van der Waals surface area (Å²) in [6, 6.07) is 8.36. The highest BCUT2D eigenvalue weighted by Crippen LogP contribution is 2.21. The van der Waals surface area contributed by atoms with Crippen LogP contribution in [0.4, 0.5) is 5.13 Å². The summed E-state index contributed by atoms with van der Waals surface area (Å²) in [5.74, 6) is 1.11. The summed E-state index contributed by atoms with van der Waals surface area (Å²) in [5.41, 5.74) is 7.22. The van der Waals surface area contributed by atoms with E-state index in [2.05, 4.69) is 35.1 Å². The van der Waals surface area contributed by atoms with Crippen molar-refractivity contribution in [2.75, 3.05) is 17.7 Å². The number of fused-ring (bicyclic) bond motifs is 1. The molecule has 14 heavy (non-hydrogen) atoms. The maximum Gasteiger partial charge on any atom is 0.332 e. The van der Waals surface area contributed by atoms with E-state index >= 15 is 0 Å². The molecule has 0 saturated carbocycles. The van der Waals surface area contributed by atoms with Crippen molar-refractivity contribution in [3.8, 4) is 0 Å². The molecule has 1 aromatic carbocycles. The van der Waals surface area contributed by atoms with E-state index in [0.29, 0.717) is 0 Å². The first-order chi connectivity index (χ1) is 6.83. The number of anilines is 1. The SMILES string of the molecule is CSCC[n+]1c(N)sc2ccccc21. The van der Waals surface area contributed by atoms with E-state index in [-0.39, 0.29) is 0 Å². The van der Waals surface area contributed by atoms with Crippen molar-refractivity contribution in [1.82, 2.24) is 0 Å². The lowest BCUT2D eigenvalue weighted by Crippen LogP contribution is -2.36. The van der Waals surface area contributed by atoms with Crippen molar-refractivity contribution in [3.05, 3.63) is 24.3 Å². The Bertz CT molecular complexity index is 437. The summed E-state index contributed by atoms with van der Waals surface area (Å²) in [7, 11) is 0. The van der Waals surface area contributed by atoms with Crippen LogP contribution < -0.4 is 10.3 Å². The Labute approximate surface area is 91.7 Å². The average molecular weight is 225 g/mol. The van der Waals surface area contributed by atoms with Crippen LogP contribution in [-0.2, 0) is 6.54 Å². The van der Waals surface area contributed by atoms with E-state index in [9.17, 15) is 0 Å². The van der Waals surface area contributed by atoms with E-state index in [1.165, 1.54) is 10.2 Å². The zero-order chi connectivity index (χ0) is 9.97. The second-order valence-corrected chi connectivity index (χ2v) is 5.10. The van der Waals surface area contributed by atoms with Gasteiger partial charge in [-0.15, -0.1) is 0 Å². The summed E-state index contributed by atoms with van der Waals surface area (Å²) < 4.78 is 3.46. The minimum Gasteiger partial charge on any atom is -0.278 e. The Kier molecular flexibility index (Phi) is 2.93. The molecule has 74 valence electrons. The number of nitrogens with zero attached hydrogens (tertiary/aromatic N) is 1. The lowest BCUT2D eigenvalue weighted by Gasteiger charge is -1.97. The molecular weight excluding hydrogens is 212 g/mol. The average Bonchev–Trinajstić information content (AvgIpc) is 2.51. The number of nitrogens with two attached hydrogens (primary N) is 1. The normalized spacial score (nSPS) is 10.9. The molecule has 0 amide bonds. The number of para-hydroxylation sites is 1. The molecule has 0 aliphatic heterocycles. The third-order valence-electron chi connectivity index (χ3n) is 2.16. The Morgan fingerprint density at radius 3 is 3.00 bits per heavy atom. The van der Waals surface area contributed by atoms with Gasteiger partial charge in [0, 0.05) is 5.75 Å². The predicted octanol–water partition coefficient (Wildman–Crippen LogP) is 2.13. The van der Waals surface area contributed by atoms with Gasteiger partial charge in [-0.1, -0.05) is 12.1 Å². The molecule has 0 radical (unpaired) electrons. The van der Waals surface area contributed by atoms with Gasteiger partial charge in [-0.2, -0.15) is 11.8 Å². The standard InChI is InChI=1S/C10H12N2S2/c1-13-7-6-12-8-4-2-3-5-9(8)14-10(12)11/h2-5,11H,6-7H2,1H3/p+1. The van der Waals surface area contributed by atoms with Crippen LogP contribution in [0.2, 0.25) is 0 Å². The second kappa shape index (κ2) is 4.19. The van der Waals surface area contributed by atoms with Gasteiger partial charge in [-0.25, -0.2) is 4.57 Å². The number of hydrogen-bond acceptors (Lipinski definition) is 3. The van der Waals surface area contributed by atoms with Gasteiger partial charge >= 0.3 is 5.13 Å². The van der Waals surface area contributed by atoms with Crippen LogP contribution in [0.25, 0.3) is 10.2 Å². The van der Waals surface area contributed by atoms with Gasteiger partial charge in [0.25, 0.3) is 0 Å². The number of aryl methyl sites for hydroxylation is 1. The molecule has 2 N–H and O–H groups in total. The number of nitrogen functional groups attached to an aromatic ring is 1. The van der Waals surface area contributed by atoms with E-state index in [4.69, 9.17) is 5.73 Å². The third kappa shape index (κ3) is 1.72. The summed E-state index contributed by atoms with van der Waals surface area (Å²) in [5, 5.41) is 0.903. The molecule has 0 atom stereocenters. The smallest absolute Gasteiger partial charge is 0.278 e. The fraction of sp³-hybridized carbons (Fsp3) is 0.300. The van der Waals surface area contributed by atoms with Crippen molar-refractivity contribution in [3.63, 3.8) is 0 Å². The molecule has 0 spiro atoms. The molecule has 0 aliphatic carbocycles. The number of hydrogen-bond donors (Lipinski definition) is 1. The van der Waals surface area contributed by atoms with Crippen LogP contribution in [-0.4, -0.2) is 12.0 Å². The number of thiazole rings is 1.